The number of benzene rings is 1. The lowest BCUT2D eigenvalue weighted by molar-refractivity contribution is -0.114. The third-order valence-electron chi connectivity index (χ3n) is 3.37. The summed E-state index contributed by atoms with van der Waals surface area (Å²) in [5.74, 6) is 3.41. The Kier molecular flexibility index (Phi) is 5.51. The van der Waals surface area contributed by atoms with Crippen molar-refractivity contribution in [2.24, 2.45) is 0 Å². The van der Waals surface area contributed by atoms with Gasteiger partial charge in [0.05, 0.1) is 16.7 Å². The van der Waals surface area contributed by atoms with Crippen molar-refractivity contribution < 1.29 is 18.7 Å². The van der Waals surface area contributed by atoms with E-state index < -0.39 is 17.8 Å². The average molecular weight is 405 g/mol. The molecule has 0 unspecified atom stereocenters. The van der Waals surface area contributed by atoms with E-state index in [0.717, 1.165) is 15.9 Å². The van der Waals surface area contributed by atoms with Crippen molar-refractivity contribution in [3.63, 3.8) is 0 Å². The number of hydrogen-bond acceptors (Lipinski definition) is 3. The molecule has 3 amide bonds. The first-order valence-electron chi connectivity index (χ1n) is 7.15. The van der Waals surface area contributed by atoms with Crippen molar-refractivity contribution >= 4 is 33.6 Å². The Labute approximate surface area is 153 Å². The Balaban J connectivity index is 2.56. The molecule has 0 atom stereocenters. The zero-order chi connectivity index (χ0) is 18.7. The van der Waals surface area contributed by atoms with Gasteiger partial charge in [-0.2, -0.15) is 0 Å². The number of allylic oxidation sites excluding steroid dienone is 1. The van der Waals surface area contributed by atoms with Crippen LogP contribution in [0, 0.1) is 30.5 Å². The second-order valence-electron chi connectivity index (χ2n) is 5.29. The number of amides is 3. The predicted molar refractivity (Wildman–Crippen MR) is 95.2 cm³/mol. The van der Waals surface area contributed by atoms with E-state index >= 15 is 0 Å². The number of halogens is 2. The fourth-order valence-corrected chi connectivity index (χ4v) is 2.81. The van der Waals surface area contributed by atoms with E-state index in [9.17, 15) is 14.0 Å². The highest BCUT2D eigenvalue weighted by atomic mass is 79.9. The van der Waals surface area contributed by atoms with Gasteiger partial charge < -0.3 is 4.74 Å². The maximum atomic E-state index is 14.4. The lowest BCUT2D eigenvalue weighted by atomic mass is 10.2. The largest absolute Gasteiger partial charge is 0.480 e. The topological polar surface area (TPSA) is 49.9 Å². The number of carbonyl (C=O) groups excluding carboxylic acids is 2. The van der Waals surface area contributed by atoms with Gasteiger partial charge in [-0.1, -0.05) is 11.8 Å². The second kappa shape index (κ2) is 7.42. The Morgan fingerprint density at radius 1 is 1.28 bits per heavy atom. The van der Waals surface area contributed by atoms with Gasteiger partial charge in [0.15, 0.2) is 0 Å². The molecule has 1 heterocycles. The highest BCUT2D eigenvalue weighted by molar-refractivity contribution is 9.10. The summed E-state index contributed by atoms with van der Waals surface area (Å²) >= 11 is 3.15. The van der Waals surface area contributed by atoms with Crippen LogP contribution >= 0.6 is 15.9 Å². The fourth-order valence-electron chi connectivity index (χ4n) is 2.38. The monoisotopic (exact) mass is 404 g/mol. The molecule has 2 rings (SSSR count). The Bertz CT molecular complexity index is 860. The molecule has 128 valence electrons. The van der Waals surface area contributed by atoms with Crippen LogP contribution in [0.15, 0.2) is 27.9 Å². The minimum absolute atomic E-state index is 0.0476. The summed E-state index contributed by atoms with van der Waals surface area (Å²) < 4.78 is 20.1. The quantitative estimate of drug-likeness (QED) is 0.439. The van der Waals surface area contributed by atoms with Crippen molar-refractivity contribution in [2.45, 2.75) is 13.8 Å². The molecule has 5 nitrogen and oxygen atoms in total. The van der Waals surface area contributed by atoms with Crippen LogP contribution in [-0.4, -0.2) is 30.0 Å². The van der Waals surface area contributed by atoms with Crippen LogP contribution in [0.1, 0.15) is 13.8 Å². The summed E-state index contributed by atoms with van der Waals surface area (Å²) in [5, 5.41) is 0. The van der Waals surface area contributed by atoms with Crippen LogP contribution in [0.2, 0.25) is 0 Å². The third kappa shape index (κ3) is 3.38. The van der Waals surface area contributed by atoms with Gasteiger partial charge in [0.2, 0.25) is 0 Å². The Hall–Kier alpha value is -2.77. The number of rotatable bonds is 4. The molecular weight excluding hydrogens is 391 g/mol. The smallest absolute Gasteiger partial charge is 0.337 e. The number of terminal acetylenes is 2. The average Bonchev–Trinajstić information content (AvgIpc) is 2.78. The molecular formula is C18H14BrFN2O3. The predicted octanol–water partition coefficient (Wildman–Crippen LogP) is 3.30. The van der Waals surface area contributed by atoms with E-state index in [1.807, 2.05) is 0 Å². The molecule has 0 aromatic heterocycles. The molecule has 0 radical (unpaired) electrons. The number of anilines is 1. The molecule has 0 bridgehead atoms. The van der Waals surface area contributed by atoms with E-state index in [1.165, 1.54) is 6.07 Å². The zero-order valence-electron chi connectivity index (χ0n) is 13.6. The summed E-state index contributed by atoms with van der Waals surface area (Å²) in [6.45, 7) is 3.20. The number of urea groups is 1. The standard InChI is InChI=1S/C18H14BrFN2O3/c1-5-7-21-16(11(3)4)17(23)22(18(21)24)14-10-15(25-8-6-2)12(19)9-13(14)20/h1-2,9-10H,7-8H2,3-4H3. The first-order valence-corrected chi connectivity index (χ1v) is 7.95. The first kappa shape index (κ1) is 18.6. The summed E-state index contributed by atoms with van der Waals surface area (Å²) in [6.07, 6.45) is 10.4. The van der Waals surface area contributed by atoms with Gasteiger partial charge in [0, 0.05) is 6.07 Å². The van der Waals surface area contributed by atoms with Crippen molar-refractivity contribution in [3.05, 3.63) is 33.7 Å². The molecule has 1 fully saturated rings. The van der Waals surface area contributed by atoms with Crippen LogP contribution in [0.4, 0.5) is 14.9 Å². The van der Waals surface area contributed by atoms with E-state index in [1.54, 1.807) is 13.8 Å². The van der Waals surface area contributed by atoms with E-state index in [4.69, 9.17) is 17.6 Å². The van der Waals surface area contributed by atoms with Crippen LogP contribution in [0.5, 0.6) is 5.75 Å². The van der Waals surface area contributed by atoms with Gasteiger partial charge in [-0.15, -0.1) is 12.8 Å². The lowest BCUT2D eigenvalue weighted by Gasteiger charge is -2.17. The molecule has 1 aliphatic heterocycles. The molecule has 0 spiro atoms. The van der Waals surface area contributed by atoms with Gasteiger partial charge >= 0.3 is 6.03 Å². The third-order valence-corrected chi connectivity index (χ3v) is 3.99. The van der Waals surface area contributed by atoms with E-state index in [-0.39, 0.29) is 30.3 Å². The van der Waals surface area contributed by atoms with Gasteiger partial charge in [-0.25, -0.2) is 14.1 Å². The van der Waals surface area contributed by atoms with Crippen LogP contribution < -0.4 is 9.64 Å². The molecule has 1 aliphatic rings. The summed E-state index contributed by atoms with van der Waals surface area (Å²) in [7, 11) is 0. The number of nitrogens with zero attached hydrogens (tertiary/aromatic N) is 2. The van der Waals surface area contributed by atoms with Crippen LogP contribution in [-0.2, 0) is 4.79 Å². The maximum absolute atomic E-state index is 14.4. The maximum Gasteiger partial charge on any atom is 0.337 e. The number of hydrogen-bond donors (Lipinski definition) is 0. The summed E-state index contributed by atoms with van der Waals surface area (Å²) in [6, 6.07) is 1.63. The zero-order valence-corrected chi connectivity index (χ0v) is 15.2. The molecule has 1 aromatic carbocycles. The highest BCUT2D eigenvalue weighted by Crippen LogP contribution is 2.36. The molecule has 0 N–H and O–H groups in total. The molecule has 25 heavy (non-hydrogen) atoms. The molecule has 1 saturated heterocycles. The molecule has 0 saturated carbocycles. The SMILES string of the molecule is C#CCOc1cc(N2C(=O)C(=C(C)C)N(CC#C)C2=O)c(F)cc1Br. The van der Waals surface area contributed by atoms with E-state index in [2.05, 4.69) is 27.8 Å². The number of carbonyl (C=O) groups is 2. The molecule has 0 aliphatic carbocycles. The van der Waals surface area contributed by atoms with Crippen molar-refractivity contribution in [1.82, 2.24) is 4.90 Å². The summed E-state index contributed by atoms with van der Waals surface area (Å²) in [5.41, 5.74) is 0.497. The van der Waals surface area contributed by atoms with Crippen LogP contribution in [0.3, 0.4) is 0 Å². The second-order valence-corrected chi connectivity index (χ2v) is 6.14. The van der Waals surface area contributed by atoms with E-state index in [0.29, 0.717) is 10.0 Å². The molecule has 7 heteroatoms. The van der Waals surface area contributed by atoms with Gasteiger partial charge in [-0.3, -0.25) is 9.69 Å². The highest BCUT2D eigenvalue weighted by Gasteiger charge is 2.43. The fraction of sp³-hybridized carbons (Fsp3) is 0.222. The minimum Gasteiger partial charge on any atom is -0.480 e. The minimum atomic E-state index is -0.766. The van der Waals surface area contributed by atoms with Gasteiger partial charge in [0.25, 0.3) is 5.91 Å². The first-order chi connectivity index (χ1) is 11.8. The van der Waals surface area contributed by atoms with Gasteiger partial charge in [0.1, 0.15) is 23.9 Å². The number of imide groups is 1. The Morgan fingerprint density at radius 3 is 2.52 bits per heavy atom. The lowest BCUT2D eigenvalue weighted by Crippen LogP contribution is -2.33. The van der Waals surface area contributed by atoms with Crippen molar-refractivity contribution in [3.8, 4) is 30.4 Å². The molecule has 1 aromatic rings. The summed E-state index contributed by atoms with van der Waals surface area (Å²) in [4.78, 5) is 27.2. The van der Waals surface area contributed by atoms with Crippen LogP contribution in [0.25, 0.3) is 0 Å². The Morgan fingerprint density at radius 2 is 1.96 bits per heavy atom. The van der Waals surface area contributed by atoms with Crippen molar-refractivity contribution in [2.75, 3.05) is 18.1 Å². The van der Waals surface area contributed by atoms with Gasteiger partial charge in [-0.05, 0) is 41.4 Å². The number of ether oxygens (including phenoxy) is 1. The van der Waals surface area contributed by atoms with Crippen molar-refractivity contribution in [1.29, 1.82) is 0 Å². The normalized spacial score (nSPS) is 13.8.